The Hall–Kier alpha value is -4.71. The molecule has 36 heavy (non-hydrogen) atoms. The third kappa shape index (κ3) is 3.73. The summed E-state index contributed by atoms with van der Waals surface area (Å²) in [6.07, 6.45) is -0.121. The zero-order valence-electron chi connectivity index (χ0n) is 20.0. The highest BCUT2D eigenvalue weighted by Gasteiger charge is 2.20. The fourth-order valence-electron chi connectivity index (χ4n) is 4.57. The summed E-state index contributed by atoms with van der Waals surface area (Å²) in [5, 5.41) is 12.8. The van der Waals surface area contributed by atoms with E-state index < -0.39 is 0 Å². The lowest BCUT2D eigenvalue weighted by Gasteiger charge is -2.13. The third-order valence-electron chi connectivity index (χ3n) is 6.05. The van der Waals surface area contributed by atoms with Gasteiger partial charge in [-0.05, 0) is 50.2 Å². The SMILES string of the molecule is CC(C)Oc1nc(-c2ccccc2O)nc(-c2cccc3c4ccccc4n(-c4ccccc4)c23)n1. The number of aromatic hydroxyl groups is 1. The first-order valence-corrected chi connectivity index (χ1v) is 11.9. The Balaban J connectivity index is 1.69. The van der Waals surface area contributed by atoms with Gasteiger partial charge in [0, 0.05) is 22.0 Å². The lowest BCUT2D eigenvalue weighted by atomic mass is 10.1. The van der Waals surface area contributed by atoms with Gasteiger partial charge >= 0.3 is 6.01 Å². The smallest absolute Gasteiger partial charge is 0.320 e. The second-order valence-corrected chi connectivity index (χ2v) is 8.84. The van der Waals surface area contributed by atoms with Crippen LogP contribution in [0.5, 0.6) is 11.8 Å². The summed E-state index contributed by atoms with van der Waals surface area (Å²) in [4.78, 5) is 14.1. The van der Waals surface area contributed by atoms with Gasteiger partial charge in [-0.25, -0.2) is 4.98 Å². The van der Waals surface area contributed by atoms with Crippen LogP contribution in [0.15, 0.2) is 97.1 Å². The number of aromatic nitrogens is 4. The van der Waals surface area contributed by atoms with Crippen LogP contribution in [0.25, 0.3) is 50.3 Å². The quantitative estimate of drug-likeness (QED) is 0.299. The largest absolute Gasteiger partial charge is 0.507 e. The molecule has 4 aromatic carbocycles. The van der Waals surface area contributed by atoms with Crippen molar-refractivity contribution in [3.8, 4) is 40.2 Å². The first-order chi connectivity index (χ1) is 17.6. The van der Waals surface area contributed by atoms with Crippen molar-refractivity contribution in [1.29, 1.82) is 0 Å². The van der Waals surface area contributed by atoms with Crippen LogP contribution in [0.2, 0.25) is 0 Å². The molecule has 0 aliphatic heterocycles. The van der Waals surface area contributed by atoms with Gasteiger partial charge in [0.2, 0.25) is 0 Å². The van der Waals surface area contributed by atoms with Gasteiger partial charge in [0.05, 0.1) is 22.7 Å². The van der Waals surface area contributed by atoms with Crippen LogP contribution in [0.1, 0.15) is 13.8 Å². The van der Waals surface area contributed by atoms with E-state index in [1.165, 1.54) is 0 Å². The minimum absolute atomic E-state index is 0.0988. The number of rotatable bonds is 5. The van der Waals surface area contributed by atoms with E-state index in [1.54, 1.807) is 18.2 Å². The van der Waals surface area contributed by atoms with Crippen molar-refractivity contribution in [2.24, 2.45) is 0 Å². The number of hydrogen-bond donors (Lipinski definition) is 1. The molecule has 0 radical (unpaired) electrons. The fourth-order valence-corrected chi connectivity index (χ4v) is 4.57. The number of ether oxygens (including phenoxy) is 1. The van der Waals surface area contributed by atoms with Crippen LogP contribution in [0.4, 0.5) is 0 Å². The van der Waals surface area contributed by atoms with Crippen molar-refractivity contribution in [3.05, 3.63) is 97.1 Å². The summed E-state index contributed by atoms with van der Waals surface area (Å²) in [6, 6.07) is 32.0. The molecule has 0 unspecified atom stereocenters. The molecule has 0 saturated heterocycles. The molecule has 1 N–H and O–H groups in total. The summed E-state index contributed by atoms with van der Waals surface area (Å²) in [5.41, 5.74) is 4.50. The molecule has 0 bridgehead atoms. The third-order valence-corrected chi connectivity index (χ3v) is 6.05. The van der Waals surface area contributed by atoms with Crippen molar-refractivity contribution < 1.29 is 9.84 Å². The van der Waals surface area contributed by atoms with Crippen LogP contribution < -0.4 is 4.74 Å². The number of phenols is 1. The average Bonchev–Trinajstić information content (AvgIpc) is 3.23. The standard InChI is InChI=1S/C30H24N4O2/c1-19(2)36-30-32-28(23-14-7-9-18-26(23)35)31-29(33-30)24-16-10-15-22-21-13-6-8-17-25(21)34(27(22)24)20-11-4-3-5-12-20/h3-19,35H,1-2H3. The molecule has 176 valence electrons. The predicted octanol–water partition coefficient (Wildman–Crippen LogP) is 6.80. The van der Waals surface area contributed by atoms with Gasteiger partial charge in [-0.15, -0.1) is 0 Å². The summed E-state index contributed by atoms with van der Waals surface area (Å²) >= 11 is 0. The van der Waals surface area contributed by atoms with Crippen molar-refractivity contribution in [2.75, 3.05) is 0 Å². The van der Waals surface area contributed by atoms with Crippen LogP contribution >= 0.6 is 0 Å². The second-order valence-electron chi connectivity index (χ2n) is 8.84. The Morgan fingerprint density at radius 1 is 0.667 bits per heavy atom. The first kappa shape index (κ1) is 21.8. The van der Waals surface area contributed by atoms with Gasteiger partial charge in [0.15, 0.2) is 11.6 Å². The summed E-state index contributed by atoms with van der Waals surface area (Å²) < 4.78 is 8.16. The predicted molar refractivity (Wildman–Crippen MR) is 142 cm³/mol. The fraction of sp³-hybridized carbons (Fsp3) is 0.100. The van der Waals surface area contributed by atoms with E-state index in [0.717, 1.165) is 33.1 Å². The van der Waals surface area contributed by atoms with Crippen LogP contribution in [0.3, 0.4) is 0 Å². The number of hydrogen-bond acceptors (Lipinski definition) is 5. The molecule has 6 aromatic rings. The number of fused-ring (bicyclic) bond motifs is 3. The molecule has 0 spiro atoms. The van der Waals surface area contributed by atoms with Gasteiger partial charge in [0.1, 0.15) is 5.75 Å². The minimum atomic E-state index is -0.121. The summed E-state index contributed by atoms with van der Waals surface area (Å²) in [6.45, 7) is 3.86. The zero-order valence-corrected chi connectivity index (χ0v) is 20.0. The van der Waals surface area contributed by atoms with Crippen molar-refractivity contribution in [3.63, 3.8) is 0 Å². The summed E-state index contributed by atoms with van der Waals surface area (Å²) in [5.74, 6) is 0.930. The highest BCUT2D eigenvalue weighted by Crippen LogP contribution is 2.38. The van der Waals surface area contributed by atoms with E-state index in [0.29, 0.717) is 17.2 Å². The van der Waals surface area contributed by atoms with Crippen molar-refractivity contribution in [1.82, 2.24) is 19.5 Å². The Morgan fingerprint density at radius 2 is 1.31 bits per heavy atom. The first-order valence-electron chi connectivity index (χ1n) is 11.9. The Labute approximate surface area is 208 Å². The number of para-hydroxylation sites is 4. The molecule has 0 aliphatic carbocycles. The topological polar surface area (TPSA) is 73.1 Å². The second kappa shape index (κ2) is 8.82. The lowest BCUT2D eigenvalue weighted by Crippen LogP contribution is -2.10. The van der Waals surface area contributed by atoms with Crippen molar-refractivity contribution >= 4 is 21.8 Å². The minimum Gasteiger partial charge on any atom is -0.507 e. The van der Waals surface area contributed by atoms with Crippen LogP contribution in [-0.2, 0) is 0 Å². The van der Waals surface area contributed by atoms with Crippen LogP contribution in [-0.4, -0.2) is 30.7 Å². The number of phenolic OH excluding ortho intramolecular Hbond substituents is 1. The monoisotopic (exact) mass is 472 g/mol. The zero-order chi connectivity index (χ0) is 24.6. The maximum absolute atomic E-state index is 10.5. The molecule has 0 aliphatic rings. The van der Waals surface area contributed by atoms with Gasteiger partial charge < -0.3 is 14.4 Å². The Bertz CT molecular complexity index is 1710. The molecular weight excluding hydrogens is 448 g/mol. The number of nitrogens with zero attached hydrogens (tertiary/aromatic N) is 4. The van der Waals surface area contributed by atoms with E-state index in [-0.39, 0.29) is 17.9 Å². The van der Waals surface area contributed by atoms with E-state index in [2.05, 4.69) is 45.9 Å². The molecule has 0 atom stereocenters. The summed E-state index contributed by atoms with van der Waals surface area (Å²) in [7, 11) is 0. The molecule has 0 saturated carbocycles. The molecular formula is C30H24N4O2. The van der Waals surface area contributed by atoms with Crippen molar-refractivity contribution in [2.45, 2.75) is 20.0 Å². The molecule has 0 fully saturated rings. The maximum atomic E-state index is 10.5. The molecule has 6 rings (SSSR count). The average molecular weight is 473 g/mol. The number of benzene rings is 4. The van der Waals surface area contributed by atoms with Gasteiger partial charge in [-0.3, -0.25) is 0 Å². The molecule has 2 aromatic heterocycles. The lowest BCUT2D eigenvalue weighted by molar-refractivity contribution is 0.222. The molecule has 6 nitrogen and oxygen atoms in total. The Kier molecular flexibility index (Phi) is 5.34. The normalized spacial score (nSPS) is 11.4. The van der Waals surface area contributed by atoms with E-state index >= 15 is 0 Å². The highest BCUT2D eigenvalue weighted by atomic mass is 16.5. The Morgan fingerprint density at radius 3 is 2.08 bits per heavy atom. The van der Waals surface area contributed by atoms with Gasteiger partial charge in [-0.2, -0.15) is 9.97 Å². The van der Waals surface area contributed by atoms with Gasteiger partial charge in [-0.1, -0.05) is 60.7 Å². The molecule has 6 heteroatoms. The van der Waals surface area contributed by atoms with E-state index in [9.17, 15) is 5.11 Å². The molecule has 0 amide bonds. The maximum Gasteiger partial charge on any atom is 0.320 e. The van der Waals surface area contributed by atoms with E-state index in [1.807, 2.05) is 56.3 Å². The van der Waals surface area contributed by atoms with E-state index in [4.69, 9.17) is 14.7 Å². The van der Waals surface area contributed by atoms with Gasteiger partial charge in [0.25, 0.3) is 0 Å². The highest BCUT2D eigenvalue weighted by molar-refractivity contribution is 6.13. The molecule has 2 heterocycles. The van der Waals surface area contributed by atoms with Crippen LogP contribution in [0, 0.1) is 0 Å².